The number of carbonyl (C=O) groups is 2. The van der Waals surface area contributed by atoms with Gasteiger partial charge < -0.3 is 24.4 Å². The van der Waals surface area contributed by atoms with Crippen LogP contribution in [-0.2, 0) is 9.59 Å². The number of nitrogens with zero attached hydrogens (tertiary/aromatic N) is 2. The van der Waals surface area contributed by atoms with Gasteiger partial charge in [0.05, 0.1) is 18.2 Å². The molecule has 0 bridgehead atoms. The van der Waals surface area contributed by atoms with E-state index in [1.54, 1.807) is 30.3 Å². The molecule has 1 aliphatic heterocycles. The van der Waals surface area contributed by atoms with E-state index >= 15 is 0 Å². The maximum absolute atomic E-state index is 13.3. The predicted molar refractivity (Wildman–Crippen MR) is 143 cm³/mol. The van der Waals surface area contributed by atoms with Gasteiger partial charge in [-0.3, -0.25) is 9.59 Å². The summed E-state index contributed by atoms with van der Waals surface area (Å²) < 4.78 is 11.6. The molecule has 1 aliphatic rings. The lowest BCUT2D eigenvalue weighted by Crippen LogP contribution is -2.35. The fraction of sp³-hybridized carbons (Fsp3) is 0.267. The van der Waals surface area contributed by atoms with Crippen LogP contribution in [0.1, 0.15) is 30.5 Å². The summed E-state index contributed by atoms with van der Waals surface area (Å²) in [4.78, 5) is 29.9. The van der Waals surface area contributed by atoms with Crippen LogP contribution in [0, 0.1) is 0 Å². The molecule has 0 saturated carbocycles. The number of amides is 1. The van der Waals surface area contributed by atoms with Crippen LogP contribution in [0.25, 0.3) is 5.76 Å². The molecule has 1 fully saturated rings. The average molecular weight is 501 g/mol. The van der Waals surface area contributed by atoms with E-state index in [1.807, 2.05) is 74.4 Å². The first-order valence-corrected chi connectivity index (χ1v) is 12.4. The zero-order valence-electron chi connectivity index (χ0n) is 21.4. The molecule has 0 spiro atoms. The summed E-state index contributed by atoms with van der Waals surface area (Å²) in [6.45, 7) is 3.50. The molecule has 7 heteroatoms. The molecule has 3 aromatic rings. The number of benzene rings is 3. The van der Waals surface area contributed by atoms with Crippen LogP contribution in [-0.4, -0.2) is 60.4 Å². The number of carbonyl (C=O) groups excluding carboxylic acids is 2. The Balaban J connectivity index is 1.75. The molecule has 1 N–H and O–H groups in total. The number of Topliss-reactive ketones (excluding diaryl/α,β-unsaturated/α-hetero) is 1. The lowest BCUT2D eigenvalue weighted by atomic mass is 9.95. The molecule has 4 rings (SSSR count). The van der Waals surface area contributed by atoms with Crippen LogP contribution in [0.15, 0.2) is 84.4 Å². The van der Waals surface area contributed by atoms with Crippen molar-refractivity contribution >= 4 is 17.4 Å². The van der Waals surface area contributed by atoms with Crippen molar-refractivity contribution in [3.8, 4) is 17.2 Å². The van der Waals surface area contributed by atoms with Crippen molar-refractivity contribution in [3.05, 3.63) is 95.6 Å². The number of hydrogen-bond donors (Lipinski definition) is 1. The van der Waals surface area contributed by atoms with Gasteiger partial charge in [-0.05, 0) is 74.6 Å². The van der Waals surface area contributed by atoms with E-state index in [0.29, 0.717) is 48.1 Å². The first kappa shape index (κ1) is 26.0. The summed E-state index contributed by atoms with van der Waals surface area (Å²) in [5.41, 5.74) is 1.18. The Labute approximate surface area is 217 Å². The summed E-state index contributed by atoms with van der Waals surface area (Å²) in [6.07, 6.45) is 0.880. The fourth-order valence-electron chi connectivity index (χ4n) is 4.22. The van der Waals surface area contributed by atoms with Crippen molar-refractivity contribution in [2.24, 2.45) is 0 Å². The molecule has 1 unspecified atom stereocenters. The minimum absolute atomic E-state index is 0.0582. The van der Waals surface area contributed by atoms with Gasteiger partial charge in [-0.2, -0.15) is 0 Å². The maximum atomic E-state index is 13.3. The van der Waals surface area contributed by atoms with E-state index in [4.69, 9.17) is 9.47 Å². The number of aliphatic hydroxyl groups is 1. The van der Waals surface area contributed by atoms with Crippen LogP contribution < -0.4 is 9.47 Å². The maximum Gasteiger partial charge on any atom is 0.295 e. The first-order chi connectivity index (χ1) is 17.9. The number of ether oxygens (including phenoxy) is 2. The molecule has 0 radical (unpaired) electrons. The van der Waals surface area contributed by atoms with Gasteiger partial charge in [0.2, 0.25) is 0 Å². The topological polar surface area (TPSA) is 79.3 Å². The fourth-order valence-corrected chi connectivity index (χ4v) is 4.22. The number of aliphatic hydroxyl groups excluding tert-OH is 1. The SMILES string of the molecule is CCCOc1ccc(/C(O)=C2\C(=O)C(=O)N(CCN(C)C)C2c2cccc(Oc3ccccc3)c2)cc1. The summed E-state index contributed by atoms with van der Waals surface area (Å²) >= 11 is 0. The Morgan fingerprint density at radius 3 is 2.30 bits per heavy atom. The second kappa shape index (κ2) is 11.8. The quantitative estimate of drug-likeness (QED) is 0.233. The largest absolute Gasteiger partial charge is 0.507 e. The van der Waals surface area contributed by atoms with Gasteiger partial charge in [0, 0.05) is 18.7 Å². The highest BCUT2D eigenvalue weighted by Gasteiger charge is 2.46. The van der Waals surface area contributed by atoms with Crippen molar-refractivity contribution in [1.29, 1.82) is 0 Å². The minimum Gasteiger partial charge on any atom is -0.507 e. The van der Waals surface area contributed by atoms with Crippen molar-refractivity contribution in [3.63, 3.8) is 0 Å². The van der Waals surface area contributed by atoms with Crippen LogP contribution in [0.5, 0.6) is 17.2 Å². The van der Waals surface area contributed by atoms with Gasteiger partial charge in [0.25, 0.3) is 11.7 Å². The van der Waals surface area contributed by atoms with Gasteiger partial charge in [0.1, 0.15) is 23.0 Å². The highest BCUT2D eigenvalue weighted by Crippen LogP contribution is 2.40. The molecule has 192 valence electrons. The normalized spacial score (nSPS) is 16.9. The Morgan fingerprint density at radius 1 is 0.919 bits per heavy atom. The highest BCUT2D eigenvalue weighted by atomic mass is 16.5. The molecule has 1 heterocycles. The van der Waals surface area contributed by atoms with Crippen LogP contribution >= 0.6 is 0 Å². The molecule has 0 aliphatic carbocycles. The second-order valence-electron chi connectivity index (χ2n) is 9.16. The first-order valence-electron chi connectivity index (χ1n) is 12.4. The van der Waals surface area contributed by atoms with Crippen molar-refractivity contribution in [2.75, 3.05) is 33.8 Å². The number of ketones is 1. The molecular formula is C30H32N2O5. The zero-order chi connectivity index (χ0) is 26.4. The summed E-state index contributed by atoms with van der Waals surface area (Å²) in [5, 5.41) is 11.3. The zero-order valence-corrected chi connectivity index (χ0v) is 21.4. The number of para-hydroxylation sites is 1. The third-order valence-corrected chi connectivity index (χ3v) is 6.08. The molecule has 1 amide bonds. The predicted octanol–water partition coefficient (Wildman–Crippen LogP) is 5.25. The Kier molecular flexibility index (Phi) is 8.25. The Morgan fingerprint density at radius 2 is 1.62 bits per heavy atom. The Bertz CT molecular complexity index is 1270. The molecule has 3 aromatic carbocycles. The van der Waals surface area contributed by atoms with Gasteiger partial charge >= 0.3 is 0 Å². The van der Waals surface area contributed by atoms with E-state index < -0.39 is 17.7 Å². The number of likely N-dealkylation sites (N-methyl/N-ethyl adjacent to an activating group) is 1. The third-order valence-electron chi connectivity index (χ3n) is 6.08. The molecule has 37 heavy (non-hydrogen) atoms. The van der Waals surface area contributed by atoms with Crippen LogP contribution in [0.2, 0.25) is 0 Å². The lowest BCUT2D eigenvalue weighted by Gasteiger charge is -2.27. The minimum atomic E-state index is -0.754. The molecule has 1 saturated heterocycles. The van der Waals surface area contributed by atoms with Gasteiger partial charge in [-0.1, -0.05) is 37.3 Å². The number of hydrogen-bond acceptors (Lipinski definition) is 6. The summed E-state index contributed by atoms with van der Waals surface area (Å²) in [6, 6.07) is 22.8. The standard InChI is InChI=1S/C30H32N2O5/c1-4-19-36-23-15-13-21(14-16-23)28(33)26-27(32(18-17-31(2)3)30(35)29(26)34)22-9-8-12-25(20-22)37-24-10-6-5-7-11-24/h5-16,20,27,33H,4,17-19H2,1-3H3/b28-26+. The molecule has 7 nitrogen and oxygen atoms in total. The Hall–Kier alpha value is -4.10. The highest BCUT2D eigenvalue weighted by molar-refractivity contribution is 6.46. The summed E-state index contributed by atoms with van der Waals surface area (Å²) in [5.74, 6) is 0.359. The van der Waals surface area contributed by atoms with E-state index in [2.05, 4.69) is 0 Å². The molecular weight excluding hydrogens is 468 g/mol. The van der Waals surface area contributed by atoms with E-state index in [1.165, 1.54) is 4.90 Å². The van der Waals surface area contributed by atoms with Crippen LogP contribution in [0.3, 0.4) is 0 Å². The van der Waals surface area contributed by atoms with Crippen LogP contribution in [0.4, 0.5) is 0 Å². The smallest absolute Gasteiger partial charge is 0.295 e. The summed E-state index contributed by atoms with van der Waals surface area (Å²) in [7, 11) is 3.81. The van der Waals surface area contributed by atoms with E-state index in [9.17, 15) is 14.7 Å². The third kappa shape index (κ3) is 6.01. The van der Waals surface area contributed by atoms with Gasteiger partial charge in [-0.25, -0.2) is 0 Å². The molecule has 0 aromatic heterocycles. The van der Waals surface area contributed by atoms with Gasteiger partial charge in [-0.15, -0.1) is 0 Å². The lowest BCUT2D eigenvalue weighted by molar-refractivity contribution is -0.140. The van der Waals surface area contributed by atoms with Crippen molar-refractivity contribution in [2.45, 2.75) is 19.4 Å². The van der Waals surface area contributed by atoms with Crippen molar-refractivity contribution < 1.29 is 24.2 Å². The number of likely N-dealkylation sites (tertiary alicyclic amines) is 1. The second-order valence-corrected chi connectivity index (χ2v) is 9.16. The molecule has 1 atom stereocenters. The van der Waals surface area contributed by atoms with Crippen molar-refractivity contribution in [1.82, 2.24) is 9.80 Å². The van der Waals surface area contributed by atoms with Gasteiger partial charge in [0.15, 0.2) is 0 Å². The number of rotatable bonds is 10. The van der Waals surface area contributed by atoms with E-state index in [-0.39, 0.29) is 11.3 Å². The monoisotopic (exact) mass is 500 g/mol. The van der Waals surface area contributed by atoms with E-state index in [0.717, 1.165) is 6.42 Å². The average Bonchev–Trinajstić information content (AvgIpc) is 3.16.